The summed E-state index contributed by atoms with van der Waals surface area (Å²) in [5.41, 5.74) is 0. The monoisotopic (exact) mass is 317 g/mol. The van der Waals surface area contributed by atoms with E-state index in [1.54, 1.807) is 4.90 Å². The summed E-state index contributed by atoms with van der Waals surface area (Å²) in [6, 6.07) is -0.156. The van der Waals surface area contributed by atoms with Crippen LogP contribution in [0.4, 0.5) is 4.79 Å². The van der Waals surface area contributed by atoms with E-state index in [-0.39, 0.29) is 29.8 Å². The van der Waals surface area contributed by atoms with E-state index in [2.05, 4.69) is 33.9 Å². The van der Waals surface area contributed by atoms with Crippen LogP contribution in [-0.2, 0) is 9.16 Å². The number of rotatable bonds is 4. The number of carbonyl (C=O) groups excluding carboxylic acids is 1. The molecule has 0 bridgehead atoms. The molecule has 1 saturated heterocycles. The molecule has 6 heteroatoms. The lowest BCUT2D eigenvalue weighted by Gasteiger charge is -2.43. The highest BCUT2D eigenvalue weighted by atomic mass is 28.4. The van der Waals surface area contributed by atoms with E-state index in [1.165, 1.54) is 7.11 Å². The molecule has 0 aromatic heterocycles. The van der Waals surface area contributed by atoms with Crippen molar-refractivity contribution in [2.75, 3.05) is 20.3 Å². The molecule has 124 valence electrons. The summed E-state index contributed by atoms with van der Waals surface area (Å²) in [5, 5.41) is 9.65. The Kier molecular flexibility index (Phi) is 6.25. The molecule has 0 radical (unpaired) electrons. The van der Waals surface area contributed by atoms with Gasteiger partial charge in [-0.1, -0.05) is 20.8 Å². The first-order valence-electron chi connectivity index (χ1n) is 7.75. The van der Waals surface area contributed by atoms with Crippen molar-refractivity contribution in [2.24, 2.45) is 0 Å². The number of amides is 1. The minimum Gasteiger partial charge on any atom is -0.453 e. The maximum absolute atomic E-state index is 12.0. The van der Waals surface area contributed by atoms with Crippen LogP contribution in [0.2, 0.25) is 18.1 Å². The van der Waals surface area contributed by atoms with Crippen molar-refractivity contribution in [1.29, 1.82) is 0 Å². The third-order valence-electron chi connectivity index (χ3n) is 4.90. The minimum absolute atomic E-state index is 0.00234. The molecule has 1 aliphatic rings. The summed E-state index contributed by atoms with van der Waals surface area (Å²) >= 11 is 0. The van der Waals surface area contributed by atoms with Gasteiger partial charge in [-0.2, -0.15) is 0 Å². The summed E-state index contributed by atoms with van der Waals surface area (Å²) < 4.78 is 11.1. The minimum atomic E-state index is -1.84. The van der Waals surface area contributed by atoms with Crippen molar-refractivity contribution < 1.29 is 19.1 Å². The molecule has 1 N–H and O–H groups in total. The number of hydrogen-bond donors (Lipinski definition) is 1. The maximum Gasteiger partial charge on any atom is 0.410 e. The number of carbonyl (C=O) groups is 1. The zero-order valence-corrected chi connectivity index (χ0v) is 15.3. The van der Waals surface area contributed by atoms with Crippen LogP contribution in [-0.4, -0.2) is 56.8 Å². The van der Waals surface area contributed by atoms with E-state index in [0.29, 0.717) is 6.61 Å². The van der Waals surface area contributed by atoms with Crippen molar-refractivity contribution in [3.8, 4) is 0 Å². The highest BCUT2D eigenvalue weighted by molar-refractivity contribution is 6.74. The van der Waals surface area contributed by atoms with Crippen LogP contribution in [0.5, 0.6) is 0 Å². The standard InChI is InChI=1S/C15H31NO4Si/c1-15(2,3)21(5,6)20-11-13-9-7-8-12(10-17)16(13)14(18)19-4/h12-13,17H,7-11H2,1-6H3/t12-,13+/m1/s1. The quantitative estimate of drug-likeness (QED) is 0.810. The first-order valence-corrected chi connectivity index (χ1v) is 10.7. The second-order valence-electron chi connectivity index (χ2n) is 7.37. The van der Waals surface area contributed by atoms with Crippen molar-refractivity contribution in [3.63, 3.8) is 0 Å². The summed E-state index contributed by atoms with van der Waals surface area (Å²) in [5.74, 6) is 0. The zero-order chi connectivity index (χ0) is 16.3. The first kappa shape index (κ1) is 18.5. The normalized spacial score (nSPS) is 24.0. The Labute approximate surface area is 129 Å². The fourth-order valence-electron chi connectivity index (χ4n) is 2.43. The van der Waals surface area contributed by atoms with Crippen LogP contribution in [0.15, 0.2) is 0 Å². The van der Waals surface area contributed by atoms with E-state index in [1.807, 2.05) is 0 Å². The van der Waals surface area contributed by atoms with Gasteiger partial charge < -0.3 is 14.3 Å². The van der Waals surface area contributed by atoms with E-state index in [9.17, 15) is 9.90 Å². The number of ether oxygens (including phenoxy) is 1. The lowest BCUT2D eigenvalue weighted by Crippen LogP contribution is -2.55. The molecule has 0 spiro atoms. The van der Waals surface area contributed by atoms with Crippen LogP contribution in [0.25, 0.3) is 0 Å². The van der Waals surface area contributed by atoms with Gasteiger partial charge in [-0.05, 0) is 37.4 Å². The predicted octanol–water partition coefficient (Wildman–Crippen LogP) is 2.99. The molecule has 0 aliphatic carbocycles. The van der Waals surface area contributed by atoms with Gasteiger partial charge in [0.25, 0.3) is 0 Å². The van der Waals surface area contributed by atoms with Crippen molar-refractivity contribution in [1.82, 2.24) is 4.90 Å². The number of aliphatic hydroxyl groups excluding tert-OH is 1. The van der Waals surface area contributed by atoms with Gasteiger partial charge in [-0.15, -0.1) is 0 Å². The van der Waals surface area contributed by atoms with E-state index in [0.717, 1.165) is 19.3 Å². The van der Waals surface area contributed by atoms with Crippen LogP contribution in [0.3, 0.4) is 0 Å². The van der Waals surface area contributed by atoms with Crippen molar-refractivity contribution in [3.05, 3.63) is 0 Å². The molecule has 21 heavy (non-hydrogen) atoms. The molecule has 1 rings (SSSR count). The molecular formula is C15H31NO4Si. The molecule has 1 aliphatic heterocycles. The molecule has 5 nitrogen and oxygen atoms in total. The summed E-state index contributed by atoms with van der Waals surface area (Å²) in [6.45, 7) is 11.5. The average Bonchev–Trinajstić information content (AvgIpc) is 2.42. The predicted molar refractivity (Wildman–Crippen MR) is 85.9 cm³/mol. The number of hydrogen-bond acceptors (Lipinski definition) is 4. The third-order valence-corrected chi connectivity index (χ3v) is 9.40. The van der Waals surface area contributed by atoms with Gasteiger partial charge in [0.1, 0.15) is 0 Å². The van der Waals surface area contributed by atoms with Crippen LogP contribution in [0.1, 0.15) is 40.0 Å². The topological polar surface area (TPSA) is 59.0 Å². The van der Waals surface area contributed by atoms with Gasteiger partial charge in [0.15, 0.2) is 8.32 Å². The van der Waals surface area contributed by atoms with Gasteiger partial charge >= 0.3 is 6.09 Å². The Balaban J connectivity index is 2.77. The number of aliphatic hydroxyl groups is 1. The van der Waals surface area contributed by atoms with Gasteiger partial charge in [-0.3, -0.25) is 4.90 Å². The molecule has 2 atom stereocenters. The lowest BCUT2D eigenvalue weighted by molar-refractivity contribution is 0.0186. The number of nitrogens with zero attached hydrogens (tertiary/aromatic N) is 1. The Morgan fingerprint density at radius 3 is 2.33 bits per heavy atom. The summed E-state index contributed by atoms with van der Waals surface area (Å²) in [4.78, 5) is 13.7. The van der Waals surface area contributed by atoms with E-state index in [4.69, 9.17) is 9.16 Å². The maximum atomic E-state index is 12.0. The molecule has 1 fully saturated rings. The lowest BCUT2D eigenvalue weighted by atomic mass is 9.97. The SMILES string of the molecule is COC(=O)N1[C@@H](CO)CCC[C@H]1CO[Si](C)(C)C(C)(C)C. The molecule has 1 amide bonds. The Morgan fingerprint density at radius 2 is 1.86 bits per heavy atom. The Hall–Kier alpha value is -0.593. The third kappa shape index (κ3) is 4.44. The number of methoxy groups -OCH3 is 1. The zero-order valence-electron chi connectivity index (χ0n) is 14.3. The van der Waals surface area contributed by atoms with Gasteiger partial charge in [0, 0.05) is 0 Å². The van der Waals surface area contributed by atoms with Crippen LogP contribution < -0.4 is 0 Å². The van der Waals surface area contributed by atoms with E-state index < -0.39 is 8.32 Å². The summed E-state index contributed by atoms with van der Waals surface area (Å²) in [7, 11) is -0.451. The summed E-state index contributed by atoms with van der Waals surface area (Å²) in [6.07, 6.45) is 2.37. The van der Waals surface area contributed by atoms with Crippen LogP contribution >= 0.6 is 0 Å². The molecule has 1 heterocycles. The average molecular weight is 318 g/mol. The number of piperidine rings is 1. The van der Waals surface area contributed by atoms with Gasteiger partial charge in [0.05, 0.1) is 32.4 Å². The first-order chi connectivity index (χ1) is 9.64. The second kappa shape index (κ2) is 7.11. The highest BCUT2D eigenvalue weighted by Crippen LogP contribution is 2.37. The Morgan fingerprint density at radius 1 is 1.29 bits per heavy atom. The van der Waals surface area contributed by atoms with Crippen molar-refractivity contribution in [2.45, 2.75) is 70.2 Å². The fraction of sp³-hybridized carbons (Fsp3) is 0.933. The van der Waals surface area contributed by atoms with E-state index >= 15 is 0 Å². The molecule has 0 unspecified atom stereocenters. The van der Waals surface area contributed by atoms with Gasteiger partial charge in [-0.25, -0.2) is 4.79 Å². The molecule has 0 aromatic carbocycles. The highest BCUT2D eigenvalue weighted by Gasteiger charge is 2.40. The fourth-order valence-corrected chi connectivity index (χ4v) is 3.47. The molecule has 0 aromatic rings. The molecule has 0 saturated carbocycles. The molecular weight excluding hydrogens is 286 g/mol. The second-order valence-corrected chi connectivity index (χ2v) is 12.2. The van der Waals surface area contributed by atoms with Gasteiger partial charge in [0.2, 0.25) is 0 Å². The smallest absolute Gasteiger partial charge is 0.410 e. The van der Waals surface area contributed by atoms with Crippen molar-refractivity contribution >= 4 is 14.4 Å². The number of likely N-dealkylation sites (tertiary alicyclic amines) is 1. The Bertz CT molecular complexity index is 354. The largest absolute Gasteiger partial charge is 0.453 e. The van der Waals surface area contributed by atoms with Crippen LogP contribution in [0, 0.1) is 0 Å².